The maximum atomic E-state index is 11.7. The Balaban J connectivity index is 2.21. The second kappa shape index (κ2) is 6.49. The molecule has 21 heavy (non-hydrogen) atoms. The zero-order valence-corrected chi connectivity index (χ0v) is 12.7. The summed E-state index contributed by atoms with van der Waals surface area (Å²) in [5, 5.41) is 5.04. The quantitative estimate of drug-likeness (QED) is 0.446. The van der Waals surface area contributed by atoms with Crippen molar-refractivity contribution in [2.75, 3.05) is 19.0 Å². The highest BCUT2D eigenvalue weighted by atomic mass is 32.1. The molecule has 0 unspecified atom stereocenters. The summed E-state index contributed by atoms with van der Waals surface area (Å²) in [5.74, 6) is -0.853. The average Bonchev–Trinajstić information content (AvgIpc) is 2.42. The molecular formula is C15H17N3O2S. The molecule has 0 aliphatic carbocycles. The Hall–Kier alpha value is -2.21. The number of hydrogen-bond donors (Lipinski definition) is 3. The SMILES string of the molecule is CN(C)c1ccccc1C=CC=C1C(=O)NC(S)NC1=O. The standard InChI is InChI=1S/C15H17N3O2S/c1-18(2)12-9-4-3-6-10(12)7-5-8-11-13(19)16-15(21)17-14(11)20/h3-9,15,21H,1-2H3,(H,16,19)(H,17,20). The van der Waals surface area contributed by atoms with Crippen molar-refractivity contribution in [3.8, 4) is 0 Å². The van der Waals surface area contributed by atoms with Crippen LogP contribution in [0.3, 0.4) is 0 Å². The first-order valence-corrected chi connectivity index (χ1v) is 6.95. The fourth-order valence-corrected chi connectivity index (χ4v) is 2.21. The number of nitrogens with one attached hydrogen (secondary N) is 2. The number of benzene rings is 1. The van der Waals surface area contributed by atoms with Crippen LogP contribution in [0.2, 0.25) is 0 Å². The van der Waals surface area contributed by atoms with Gasteiger partial charge >= 0.3 is 0 Å². The van der Waals surface area contributed by atoms with Crippen LogP contribution in [0.1, 0.15) is 5.56 Å². The lowest BCUT2D eigenvalue weighted by atomic mass is 10.1. The van der Waals surface area contributed by atoms with Crippen molar-refractivity contribution >= 4 is 36.2 Å². The largest absolute Gasteiger partial charge is 0.377 e. The first-order valence-electron chi connectivity index (χ1n) is 6.43. The molecule has 1 saturated heterocycles. The van der Waals surface area contributed by atoms with Crippen LogP contribution in [-0.2, 0) is 9.59 Å². The van der Waals surface area contributed by atoms with Crippen molar-refractivity contribution < 1.29 is 9.59 Å². The summed E-state index contributed by atoms with van der Waals surface area (Å²) >= 11 is 3.99. The highest BCUT2D eigenvalue weighted by Crippen LogP contribution is 2.19. The molecule has 2 N–H and O–H groups in total. The highest BCUT2D eigenvalue weighted by Gasteiger charge is 2.26. The van der Waals surface area contributed by atoms with Crippen molar-refractivity contribution in [2.24, 2.45) is 0 Å². The van der Waals surface area contributed by atoms with E-state index in [9.17, 15) is 9.59 Å². The molecule has 5 nitrogen and oxygen atoms in total. The van der Waals surface area contributed by atoms with Gasteiger partial charge in [0, 0.05) is 19.8 Å². The van der Waals surface area contributed by atoms with Crippen molar-refractivity contribution in [1.82, 2.24) is 10.6 Å². The predicted molar refractivity (Wildman–Crippen MR) is 86.9 cm³/mol. The molecule has 1 aliphatic rings. The van der Waals surface area contributed by atoms with Crippen LogP contribution in [0.4, 0.5) is 5.69 Å². The Morgan fingerprint density at radius 3 is 2.38 bits per heavy atom. The Labute approximate surface area is 129 Å². The van der Waals surface area contributed by atoms with Gasteiger partial charge in [-0.3, -0.25) is 9.59 Å². The Kier molecular flexibility index (Phi) is 4.70. The monoisotopic (exact) mass is 303 g/mol. The Bertz CT molecular complexity index is 603. The lowest BCUT2D eigenvalue weighted by Gasteiger charge is -2.21. The molecule has 1 aliphatic heterocycles. The highest BCUT2D eigenvalue weighted by molar-refractivity contribution is 7.80. The van der Waals surface area contributed by atoms with Crippen LogP contribution in [0.15, 0.2) is 42.0 Å². The molecule has 2 amide bonds. The number of allylic oxidation sites excluding steroid dienone is 2. The van der Waals surface area contributed by atoms with Gasteiger partial charge in [-0.2, -0.15) is 0 Å². The van der Waals surface area contributed by atoms with Crippen LogP contribution < -0.4 is 15.5 Å². The van der Waals surface area contributed by atoms with Crippen molar-refractivity contribution in [3.05, 3.63) is 47.6 Å². The van der Waals surface area contributed by atoms with Gasteiger partial charge in [0.1, 0.15) is 11.1 Å². The second-order valence-electron chi connectivity index (χ2n) is 4.74. The van der Waals surface area contributed by atoms with Crippen LogP contribution in [0.25, 0.3) is 6.08 Å². The summed E-state index contributed by atoms with van der Waals surface area (Å²) in [6.45, 7) is 0. The minimum absolute atomic E-state index is 0.0684. The van der Waals surface area contributed by atoms with Crippen molar-refractivity contribution in [1.29, 1.82) is 0 Å². The van der Waals surface area contributed by atoms with Gasteiger partial charge in [0.25, 0.3) is 11.8 Å². The zero-order chi connectivity index (χ0) is 15.4. The number of rotatable bonds is 3. The maximum absolute atomic E-state index is 11.7. The first kappa shape index (κ1) is 15.2. The number of carbonyl (C=O) groups is 2. The van der Waals surface area contributed by atoms with E-state index in [1.54, 1.807) is 6.08 Å². The Morgan fingerprint density at radius 2 is 1.76 bits per heavy atom. The normalized spacial score (nSPS) is 18.4. The number of para-hydroxylation sites is 1. The number of thiol groups is 1. The van der Waals surface area contributed by atoms with Crippen LogP contribution in [0.5, 0.6) is 0 Å². The van der Waals surface area contributed by atoms with Crippen molar-refractivity contribution in [3.63, 3.8) is 0 Å². The third kappa shape index (κ3) is 3.66. The molecular weight excluding hydrogens is 286 g/mol. The maximum Gasteiger partial charge on any atom is 0.259 e. The van der Waals surface area contributed by atoms with Gasteiger partial charge in [0.2, 0.25) is 0 Å². The molecule has 0 aromatic heterocycles. The van der Waals surface area contributed by atoms with E-state index in [0.717, 1.165) is 11.3 Å². The number of nitrogens with zero attached hydrogens (tertiary/aromatic N) is 1. The molecule has 2 rings (SSSR count). The summed E-state index contributed by atoms with van der Waals surface area (Å²) in [6.07, 6.45) is 5.04. The molecule has 1 heterocycles. The molecule has 1 aromatic carbocycles. The van der Waals surface area contributed by atoms with E-state index >= 15 is 0 Å². The number of amides is 2. The zero-order valence-electron chi connectivity index (χ0n) is 11.8. The molecule has 110 valence electrons. The van der Waals surface area contributed by atoms with Gasteiger partial charge in [-0.05, 0) is 17.7 Å². The fourth-order valence-electron chi connectivity index (χ4n) is 1.98. The Morgan fingerprint density at radius 1 is 1.14 bits per heavy atom. The predicted octanol–water partition coefficient (Wildman–Crippen LogP) is 1.15. The fraction of sp³-hybridized carbons (Fsp3) is 0.200. The van der Waals surface area contributed by atoms with E-state index in [0.29, 0.717) is 0 Å². The molecule has 6 heteroatoms. The summed E-state index contributed by atoms with van der Waals surface area (Å²) < 4.78 is 0. The van der Waals surface area contributed by atoms with Crippen molar-refractivity contribution in [2.45, 2.75) is 5.50 Å². The smallest absolute Gasteiger partial charge is 0.259 e. The molecule has 1 aromatic rings. The molecule has 1 fully saturated rings. The summed E-state index contributed by atoms with van der Waals surface area (Å²) in [5.41, 5.74) is 1.49. The van der Waals surface area contributed by atoms with Gasteiger partial charge in [-0.15, -0.1) is 12.6 Å². The molecule has 0 atom stereocenters. The van der Waals surface area contributed by atoms with E-state index in [2.05, 4.69) is 23.3 Å². The lowest BCUT2D eigenvalue weighted by molar-refractivity contribution is -0.126. The van der Waals surface area contributed by atoms with Gasteiger partial charge in [0.05, 0.1) is 0 Å². The average molecular weight is 303 g/mol. The summed E-state index contributed by atoms with van der Waals surface area (Å²) in [6, 6.07) is 7.86. The number of carbonyl (C=O) groups excluding carboxylic acids is 2. The lowest BCUT2D eigenvalue weighted by Crippen LogP contribution is -2.52. The minimum atomic E-state index is -0.638. The topological polar surface area (TPSA) is 61.4 Å². The molecule has 0 radical (unpaired) electrons. The van der Waals surface area contributed by atoms with E-state index in [4.69, 9.17) is 0 Å². The number of hydrogen-bond acceptors (Lipinski definition) is 4. The summed E-state index contributed by atoms with van der Waals surface area (Å²) in [4.78, 5) is 25.4. The van der Waals surface area contributed by atoms with E-state index < -0.39 is 17.3 Å². The molecule has 0 bridgehead atoms. The van der Waals surface area contributed by atoms with Crippen LogP contribution in [0, 0.1) is 0 Å². The first-order chi connectivity index (χ1) is 9.99. The van der Waals surface area contributed by atoms with Gasteiger partial charge in [-0.25, -0.2) is 0 Å². The van der Waals surface area contributed by atoms with E-state index in [1.165, 1.54) is 6.08 Å². The summed E-state index contributed by atoms with van der Waals surface area (Å²) in [7, 11) is 3.92. The number of anilines is 1. The second-order valence-corrected chi connectivity index (χ2v) is 5.26. The van der Waals surface area contributed by atoms with Gasteiger partial charge in [0.15, 0.2) is 0 Å². The van der Waals surface area contributed by atoms with E-state index in [1.807, 2.05) is 49.3 Å². The van der Waals surface area contributed by atoms with Gasteiger partial charge < -0.3 is 15.5 Å². The third-order valence-corrected chi connectivity index (χ3v) is 3.24. The van der Waals surface area contributed by atoms with Crippen LogP contribution >= 0.6 is 12.6 Å². The van der Waals surface area contributed by atoms with Crippen LogP contribution in [-0.4, -0.2) is 31.4 Å². The third-order valence-electron chi connectivity index (χ3n) is 2.98. The molecule has 0 spiro atoms. The molecule has 0 saturated carbocycles. The van der Waals surface area contributed by atoms with E-state index in [-0.39, 0.29) is 5.57 Å². The minimum Gasteiger partial charge on any atom is -0.377 e. The van der Waals surface area contributed by atoms with Gasteiger partial charge in [-0.1, -0.05) is 30.4 Å².